The molecule has 2 rings (SSSR count). The van der Waals surface area contributed by atoms with Crippen molar-refractivity contribution in [2.24, 2.45) is 0 Å². The van der Waals surface area contributed by atoms with E-state index in [1.165, 1.54) is 0 Å². The lowest BCUT2D eigenvalue weighted by Gasteiger charge is -2.29. The smallest absolute Gasteiger partial charge is 0.189 e. The first-order valence-electron chi connectivity index (χ1n) is 6.92. The number of ether oxygens (including phenoxy) is 2. The number of likely N-dealkylation sites (N-methyl/N-ethyl adjacent to an activating group) is 1. The molecule has 1 aliphatic heterocycles. The number of aryl methyl sites for hydroxylation is 1. The maximum Gasteiger partial charge on any atom is 0.189 e. The van der Waals surface area contributed by atoms with E-state index in [2.05, 4.69) is 9.80 Å². The van der Waals surface area contributed by atoms with Crippen LogP contribution in [-0.2, 0) is 14.3 Å². The number of benzene rings is 1. The molecule has 21 heavy (non-hydrogen) atoms. The van der Waals surface area contributed by atoms with Gasteiger partial charge in [-0.1, -0.05) is 6.07 Å². The molecule has 114 valence electrons. The molecule has 1 aromatic rings. The molecule has 0 radical (unpaired) electrons. The van der Waals surface area contributed by atoms with Crippen LogP contribution in [0.4, 0.5) is 5.69 Å². The summed E-state index contributed by atoms with van der Waals surface area (Å²) in [5.74, 6) is 2.72. The van der Waals surface area contributed by atoms with Crippen LogP contribution < -0.4 is 15.3 Å². The van der Waals surface area contributed by atoms with Gasteiger partial charge in [0.2, 0.25) is 0 Å². The summed E-state index contributed by atoms with van der Waals surface area (Å²) in [6.07, 6.45) is -0.307. The Morgan fingerprint density at radius 2 is 2.05 bits per heavy atom. The molecule has 0 N–H and O–H groups in total. The van der Waals surface area contributed by atoms with E-state index >= 15 is 0 Å². The molecule has 0 saturated carbocycles. The van der Waals surface area contributed by atoms with Crippen molar-refractivity contribution in [3.63, 3.8) is 0 Å². The maximum absolute atomic E-state index is 11.4. The van der Waals surface area contributed by atoms with Gasteiger partial charge in [-0.05, 0) is 32.6 Å². The van der Waals surface area contributed by atoms with Crippen molar-refractivity contribution in [2.75, 3.05) is 46.3 Å². The van der Waals surface area contributed by atoms with Crippen molar-refractivity contribution in [2.45, 2.75) is 13.2 Å². The summed E-state index contributed by atoms with van der Waals surface area (Å²) in [4.78, 5) is 15.6. The van der Waals surface area contributed by atoms with Gasteiger partial charge in [0.25, 0.3) is 0 Å². The van der Waals surface area contributed by atoms with Crippen molar-refractivity contribution in [1.82, 2.24) is 4.90 Å². The zero-order valence-corrected chi connectivity index (χ0v) is 13.3. The number of anilines is 1. The molecule has 0 fully saturated rings. The van der Waals surface area contributed by atoms with Gasteiger partial charge < -0.3 is 19.3 Å². The molecule has 0 spiro atoms. The van der Waals surface area contributed by atoms with Crippen molar-refractivity contribution < 1.29 is 14.3 Å². The molecule has 1 atom stereocenters. The topological polar surface area (TPSA) is 42.0 Å². The summed E-state index contributed by atoms with van der Waals surface area (Å²) in [5, 5.41) is 1.36. The van der Waals surface area contributed by atoms with Crippen LogP contribution >= 0.6 is 0 Å². The fourth-order valence-corrected chi connectivity index (χ4v) is 2.69. The molecule has 1 heterocycles. The maximum atomic E-state index is 11.4. The highest BCUT2D eigenvalue weighted by atomic mass is 16.5. The van der Waals surface area contributed by atoms with Gasteiger partial charge in [0.15, 0.2) is 12.0 Å². The fourth-order valence-electron chi connectivity index (χ4n) is 2.69. The second-order valence-corrected chi connectivity index (χ2v) is 5.41. The lowest BCUT2D eigenvalue weighted by atomic mass is 10.1. The monoisotopic (exact) mass is 290 g/mol. The summed E-state index contributed by atoms with van der Waals surface area (Å²) in [5.41, 5.74) is 1.85. The third-order valence-electron chi connectivity index (χ3n) is 3.79. The molecule has 5 nitrogen and oxygen atoms in total. The van der Waals surface area contributed by atoms with E-state index < -0.39 is 0 Å². The van der Waals surface area contributed by atoms with Gasteiger partial charge in [0.05, 0.1) is 23.2 Å². The van der Waals surface area contributed by atoms with E-state index in [1.54, 1.807) is 14.2 Å². The molecule has 0 bridgehead atoms. The van der Waals surface area contributed by atoms with Gasteiger partial charge in [0, 0.05) is 20.2 Å². The van der Waals surface area contributed by atoms with Crippen molar-refractivity contribution in [3.8, 4) is 0 Å². The van der Waals surface area contributed by atoms with Gasteiger partial charge in [-0.25, -0.2) is 4.79 Å². The molecule has 5 heteroatoms. The second kappa shape index (κ2) is 6.31. The minimum absolute atomic E-state index is 0.307. The quantitative estimate of drug-likeness (QED) is 0.739. The number of methoxy groups -OCH3 is 2. The van der Waals surface area contributed by atoms with Crippen LogP contribution in [0, 0.1) is 6.92 Å². The predicted octanol–water partition coefficient (Wildman–Crippen LogP) is -0.393. The van der Waals surface area contributed by atoms with Crippen LogP contribution in [0.2, 0.25) is 0 Å². The van der Waals surface area contributed by atoms with E-state index in [0.29, 0.717) is 11.0 Å². The Bertz CT molecular complexity index is 663. The van der Waals surface area contributed by atoms with E-state index in [1.807, 2.05) is 39.1 Å². The molecule has 0 aliphatic carbocycles. The summed E-state index contributed by atoms with van der Waals surface area (Å²) >= 11 is 0. The summed E-state index contributed by atoms with van der Waals surface area (Å²) in [7, 11) is 7.31. The van der Waals surface area contributed by atoms with Crippen LogP contribution in [-0.4, -0.2) is 58.5 Å². The molecule has 0 saturated heterocycles. The Morgan fingerprint density at radius 3 is 2.57 bits per heavy atom. The highest BCUT2D eigenvalue weighted by Crippen LogP contribution is 2.25. The normalized spacial score (nSPS) is 17.1. The Hall–Kier alpha value is -1.81. The van der Waals surface area contributed by atoms with Gasteiger partial charge >= 0.3 is 0 Å². The Morgan fingerprint density at radius 1 is 1.33 bits per heavy atom. The third-order valence-corrected chi connectivity index (χ3v) is 3.79. The highest BCUT2D eigenvalue weighted by molar-refractivity contribution is 5.70. The minimum Gasteiger partial charge on any atom is -0.496 e. The zero-order valence-electron chi connectivity index (χ0n) is 13.3. The van der Waals surface area contributed by atoms with Gasteiger partial charge in [-0.2, -0.15) is 0 Å². The first-order chi connectivity index (χ1) is 10.0. The van der Waals surface area contributed by atoms with Crippen molar-refractivity contribution >= 4 is 17.4 Å². The van der Waals surface area contributed by atoms with Crippen LogP contribution in [0.3, 0.4) is 0 Å². The van der Waals surface area contributed by atoms with E-state index in [0.717, 1.165) is 29.6 Å². The molecular weight excluding hydrogens is 268 g/mol. The molecule has 0 aromatic heterocycles. The number of carbonyl (C=O) groups excluding carboxylic acids is 1. The van der Waals surface area contributed by atoms with Crippen LogP contribution in [0.5, 0.6) is 0 Å². The average molecular weight is 290 g/mol. The predicted molar refractivity (Wildman–Crippen MR) is 82.3 cm³/mol. The number of fused-ring (bicyclic) bond motifs is 1. The van der Waals surface area contributed by atoms with Crippen molar-refractivity contribution in [1.29, 1.82) is 0 Å². The number of hydrogen-bond acceptors (Lipinski definition) is 5. The molecular formula is C16H22N2O3. The first-order valence-corrected chi connectivity index (χ1v) is 6.92. The molecule has 1 unspecified atom stereocenters. The lowest BCUT2D eigenvalue weighted by molar-refractivity contribution is 0.115. The van der Waals surface area contributed by atoms with E-state index in [4.69, 9.17) is 9.47 Å². The van der Waals surface area contributed by atoms with Crippen LogP contribution in [0.25, 0.3) is 5.76 Å². The summed E-state index contributed by atoms with van der Waals surface area (Å²) < 4.78 is 11.1. The van der Waals surface area contributed by atoms with E-state index in [9.17, 15) is 4.79 Å². The number of hydrogen-bond donors (Lipinski definition) is 0. The van der Waals surface area contributed by atoms with Crippen molar-refractivity contribution in [3.05, 3.63) is 28.1 Å². The number of rotatable bonds is 5. The molecule has 1 aromatic carbocycles. The first kappa shape index (κ1) is 15.6. The Balaban J connectivity index is 2.63. The van der Waals surface area contributed by atoms with Gasteiger partial charge in [-0.3, -0.25) is 0 Å². The summed E-state index contributed by atoms with van der Waals surface area (Å²) in [6.45, 7) is 3.56. The van der Waals surface area contributed by atoms with Crippen LogP contribution in [0.1, 0.15) is 5.56 Å². The minimum atomic E-state index is -0.307. The molecule has 1 aliphatic rings. The second-order valence-electron chi connectivity index (χ2n) is 5.41. The highest BCUT2D eigenvalue weighted by Gasteiger charge is 2.32. The SMILES string of the molecule is COC1=c2c(ccc(C)c2=C=O)N(CCN(C)C)C1OC. The number of nitrogens with zero attached hydrogens (tertiary/aromatic N) is 2. The average Bonchev–Trinajstić information content (AvgIpc) is 2.77. The lowest BCUT2D eigenvalue weighted by Crippen LogP contribution is -2.39. The zero-order chi connectivity index (χ0) is 15.6. The van der Waals surface area contributed by atoms with Crippen LogP contribution in [0.15, 0.2) is 12.1 Å². The van der Waals surface area contributed by atoms with E-state index in [-0.39, 0.29) is 6.23 Å². The largest absolute Gasteiger partial charge is 0.496 e. The summed E-state index contributed by atoms with van der Waals surface area (Å²) in [6, 6.07) is 3.95. The molecule has 0 amide bonds. The Labute approximate surface area is 125 Å². The van der Waals surface area contributed by atoms with Gasteiger partial charge in [0.1, 0.15) is 5.94 Å². The standard InChI is InChI=1S/C16H22N2O3/c1-11-6-7-13-14(12(11)10-19)15(20-4)16(21-5)18(13)9-8-17(2)3/h6-7,16H,8-9H2,1-5H3. The fraction of sp³-hybridized carbons (Fsp3) is 0.500. The Kier molecular flexibility index (Phi) is 4.68. The van der Waals surface area contributed by atoms with Gasteiger partial charge in [-0.15, -0.1) is 0 Å². The third kappa shape index (κ3) is 2.68.